The number of hydrogen-bond donors (Lipinski definition) is 2. The van der Waals surface area contributed by atoms with E-state index in [1.807, 2.05) is 30.5 Å². The number of fused-ring (bicyclic) bond motifs is 1. The zero-order valence-corrected chi connectivity index (χ0v) is 18.6. The Labute approximate surface area is 195 Å². The summed E-state index contributed by atoms with van der Waals surface area (Å²) in [5.74, 6) is -3.45. The van der Waals surface area contributed by atoms with Crippen molar-refractivity contribution in [1.82, 2.24) is 15.2 Å². The average molecular weight is 469 g/mol. The summed E-state index contributed by atoms with van der Waals surface area (Å²) in [5.41, 5.74) is 1.61. The number of rotatable bonds is 6. The lowest BCUT2D eigenvalue weighted by molar-refractivity contribution is -0.145. The Bertz CT molecular complexity index is 1220. The molecule has 34 heavy (non-hydrogen) atoms. The van der Waals surface area contributed by atoms with Gasteiger partial charge in [0.2, 0.25) is 5.91 Å². The molecule has 2 heterocycles. The van der Waals surface area contributed by atoms with Crippen LogP contribution in [0.3, 0.4) is 0 Å². The first-order chi connectivity index (χ1) is 16.4. The third-order valence-corrected chi connectivity index (χ3v) is 6.22. The molecular formula is C25H25F2N3O4. The summed E-state index contributed by atoms with van der Waals surface area (Å²) in [6.07, 6.45) is 2.80. The zero-order valence-electron chi connectivity index (χ0n) is 18.6. The van der Waals surface area contributed by atoms with Crippen LogP contribution in [-0.2, 0) is 20.7 Å². The van der Waals surface area contributed by atoms with E-state index in [2.05, 4.69) is 10.3 Å². The lowest BCUT2D eigenvalue weighted by Crippen LogP contribution is -2.48. The topological polar surface area (TPSA) is 91.5 Å². The van der Waals surface area contributed by atoms with Crippen LogP contribution >= 0.6 is 0 Å². The Morgan fingerprint density at radius 2 is 1.88 bits per heavy atom. The fourth-order valence-electron chi connectivity index (χ4n) is 4.32. The fourth-order valence-corrected chi connectivity index (χ4v) is 4.32. The molecule has 0 saturated carbocycles. The molecule has 3 aromatic rings. The highest BCUT2D eigenvalue weighted by Gasteiger charge is 2.31. The normalized spacial score (nSPS) is 15.2. The first kappa shape index (κ1) is 23.4. The van der Waals surface area contributed by atoms with Crippen LogP contribution < -0.4 is 5.32 Å². The summed E-state index contributed by atoms with van der Waals surface area (Å²) in [5, 5.41) is 3.76. The van der Waals surface area contributed by atoms with Gasteiger partial charge in [-0.05, 0) is 36.6 Å². The van der Waals surface area contributed by atoms with Crippen LogP contribution in [0.4, 0.5) is 8.78 Å². The van der Waals surface area contributed by atoms with Gasteiger partial charge in [0.15, 0.2) is 0 Å². The molecule has 0 radical (unpaired) electrons. The number of likely N-dealkylation sites (tertiary alicyclic amines) is 1. The lowest BCUT2D eigenvalue weighted by atomic mass is 9.94. The molecule has 4 rings (SSSR count). The standard InChI is InChI=1S/C25H25F2N3O4/c1-34-25(33)22(12-16-14-28-21-5-3-2-4-18(16)21)29-23(31)15-8-10-30(11-9-15)24(32)19-7-6-17(26)13-20(19)27/h2-7,13-15,22,28H,8-12H2,1H3,(H,29,31). The van der Waals surface area contributed by atoms with E-state index in [4.69, 9.17) is 4.74 Å². The van der Waals surface area contributed by atoms with Crippen molar-refractivity contribution < 1.29 is 27.9 Å². The minimum absolute atomic E-state index is 0.200. The van der Waals surface area contributed by atoms with Crippen molar-refractivity contribution in [2.75, 3.05) is 20.2 Å². The number of piperidine rings is 1. The second-order valence-electron chi connectivity index (χ2n) is 8.34. The smallest absolute Gasteiger partial charge is 0.328 e. The lowest BCUT2D eigenvalue weighted by Gasteiger charge is -2.32. The molecule has 1 saturated heterocycles. The van der Waals surface area contributed by atoms with E-state index in [1.54, 1.807) is 0 Å². The number of aromatic amines is 1. The maximum atomic E-state index is 14.0. The highest BCUT2D eigenvalue weighted by Crippen LogP contribution is 2.22. The SMILES string of the molecule is COC(=O)C(Cc1c[nH]c2ccccc12)NC(=O)C1CCN(C(=O)c2ccc(F)cc2F)CC1. The first-order valence-corrected chi connectivity index (χ1v) is 11.0. The monoisotopic (exact) mass is 469 g/mol. The molecule has 2 N–H and O–H groups in total. The predicted octanol–water partition coefficient (Wildman–Crippen LogP) is 3.20. The van der Waals surface area contributed by atoms with E-state index in [0.29, 0.717) is 18.9 Å². The molecule has 0 spiro atoms. The molecule has 9 heteroatoms. The molecule has 0 aliphatic carbocycles. The maximum absolute atomic E-state index is 14.0. The van der Waals surface area contributed by atoms with E-state index in [9.17, 15) is 23.2 Å². The second-order valence-corrected chi connectivity index (χ2v) is 8.34. The van der Waals surface area contributed by atoms with Crippen molar-refractivity contribution in [3.8, 4) is 0 Å². The summed E-state index contributed by atoms with van der Waals surface area (Å²) in [6.45, 7) is 0.498. The van der Waals surface area contributed by atoms with Crippen molar-refractivity contribution in [2.24, 2.45) is 5.92 Å². The fraction of sp³-hybridized carbons (Fsp3) is 0.320. The van der Waals surface area contributed by atoms with Gasteiger partial charge in [-0.3, -0.25) is 9.59 Å². The number of carbonyl (C=O) groups excluding carboxylic acids is 3. The summed E-state index contributed by atoms with van der Waals surface area (Å²) < 4.78 is 32.0. The summed E-state index contributed by atoms with van der Waals surface area (Å²) in [7, 11) is 1.27. The minimum Gasteiger partial charge on any atom is -0.467 e. The quantitative estimate of drug-likeness (QED) is 0.543. The van der Waals surface area contributed by atoms with Gasteiger partial charge in [0.1, 0.15) is 17.7 Å². The first-order valence-electron chi connectivity index (χ1n) is 11.0. The van der Waals surface area contributed by atoms with Gasteiger partial charge in [-0.1, -0.05) is 18.2 Å². The van der Waals surface area contributed by atoms with Crippen molar-refractivity contribution in [1.29, 1.82) is 0 Å². The Hall–Kier alpha value is -3.75. The molecule has 1 aliphatic rings. The number of esters is 1. The summed E-state index contributed by atoms with van der Waals surface area (Å²) >= 11 is 0. The summed E-state index contributed by atoms with van der Waals surface area (Å²) in [6, 6.07) is 9.65. The molecule has 178 valence electrons. The van der Waals surface area contributed by atoms with E-state index >= 15 is 0 Å². The van der Waals surface area contributed by atoms with Gasteiger partial charge in [-0.2, -0.15) is 0 Å². The van der Waals surface area contributed by atoms with Gasteiger partial charge >= 0.3 is 5.97 Å². The number of halogens is 2. The molecule has 7 nitrogen and oxygen atoms in total. The van der Waals surface area contributed by atoms with Crippen LogP contribution in [-0.4, -0.2) is 53.9 Å². The molecule has 1 unspecified atom stereocenters. The number of benzene rings is 2. The largest absolute Gasteiger partial charge is 0.467 e. The molecule has 1 aliphatic heterocycles. The molecule has 1 atom stereocenters. The number of ether oxygens (including phenoxy) is 1. The molecule has 2 amide bonds. The van der Waals surface area contributed by atoms with Gasteiger partial charge in [-0.15, -0.1) is 0 Å². The number of H-pyrrole nitrogens is 1. The number of amides is 2. The maximum Gasteiger partial charge on any atom is 0.328 e. The number of nitrogens with zero attached hydrogens (tertiary/aromatic N) is 1. The van der Waals surface area contributed by atoms with Crippen molar-refractivity contribution in [2.45, 2.75) is 25.3 Å². The molecule has 2 aromatic carbocycles. The molecule has 1 aromatic heterocycles. The van der Waals surface area contributed by atoms with Crippen LogP contribution in [0.5, 0.6) is 0 Å². The Balaban J connectivity index is 1.38. The Morgan fingerprint density at radius 1 is 1.15 bits per heavy atom. The van der Waals surface area contributed by atoms with Gasteiger partial charge in [0, 0.05) is 48.6 Å². The van der Waals surface area contributed by atoms with E-state index in [1.165, 1.54) is 12.0 Å². The van der Waals surface area contributed by atoms with Gasteiger partial charge in [0.25, 0.3) is 5.91 Å². The summed E-state index contributed by atoms with van der Waals surface area (Å²) in [4.78, 5) is 42.5. The third-order valence-electron chi connectivity index (χ3n) is 6.22. The van der Waals surface area contributed by atoms with Crippen molar-refractivity contribution in [3.05, 3.63) is 71.4 Å². The van der Waals surface area contributed by atoms with E-state index in [0.717, 1.165) is 28.6 Å². The highest BCUT2D eigenvalue weighted by atomic mass is 19.1. The highest BCUT2D eigenvalue weighted by molar-refractivity contribution is 5.95. The Morgan fingerprint density at radius 3 is 2.59 bits per heavy atom. The van der Waals surface area contributed by atoms with Crippen LogP contribution in [0.2, 0.25) is 0 Å². The van der Waals surface area contributed by atoms with Gasteiger partial charge < -0.3 is 19.9 Å². The Kier molecular flexibility index (Phi) is 6.90. The second kappa shape index (κ2) is 10.0. The van der Waals surface area contributed by atoms with Crippen molar-refractivity contribution in [3.63, 3.8) is 0 Å². The molecule has 1 fully saturated rings. The number of carbonyl (C=O) groups is 3. The van der Waals surface area contributed by atoms with Crippen molar-refractivity contribution >= 4 is 28.7 Å². The number of methoxy groups -OCH3 is 1. The molecular weight excluding hydrogens is 444 g/mol. The number of aromatic nitrogens is 1. The zero-order chi connectivity index (χ0) is 24.2. The van der Waals surface area contributed by atoms with Gasteiger partial charge in [-0.25, -0.2) is 13.6 Å². The van der Waals surface area contributed by atoms with E-state index in [-0.39, 0.29) is 31.0 Å². The average Bonchev–Trinajstić information content (AvgIpc) is 3.25. The number of para-hydroxylation sites is 1. The van der Waals surface area contributed by atoms with Crippen LogP contribution in [0, 0.1) is 17.6 Å². The van der Waals surface area contributed by atoms with E-state index < -0.39 is 35.5 Å². The minimum atomic E-state index is -0.914. The van der Waals surface area contributed by atoms with Gasteiger partial charge in [0.05, 0.1) is 12.7 Å². The predicted molar refractivity (Wildman–Crippen MR) is 121 cm³/mol. The van der Waals surface area contributed by atoms with Crippen LogP contribution in [0.15, 0.2) is 48.7 Å². The van der Waals surface area contributed by atoms with Crippen LogP contribution in [0.25, 0.3) is 10.9 Å². The third kappa shape index (κ3) is 4.93. The van der Waals surface area contributed by atoms with Crippen LogP contribution in [0.1, 0.15) is 28.8 Å². The molecule has 0 bridgehead atoms. The number of hydrogen-bond acceptors (Lipinski definition) is 4. The number of nitrogens with one attached hydrogen (secondary N) is 2.